The summed E-state index contributed by atoms with van der Waals surface area (Å²) in [6.45, 7) is 3.53. The Kier molecular flexibility index (Phi) is 6.30. The van der Waals surface area contributed by atoms with Crippen LogP contribution in [0.4, 0.5) is 5.69 Å². The lowest BCUT2D eigenvalue weighted by atomic mass is 10.2. The van der Waals surface area contributed by atoms with Crippen LogP contribution in [0, 0.1) is 0 Å². The highest BCUT2D eigenvalue weighted by molar-refractivity contribution is 5.95. The summed E-state index contributed by atoms with van der Waals surface area (Å²) in [4.78, 5) is 25.6. The van der Waals surface area contributed by atoms with Crippen molar-refractivity contribution in [2.24, 2.45) is 0 Å². The van der Waals surface area contributed by atoms with Crippen molar-refractivity contribution in [2.45, 2.75) is 26.3 Å². The average molecular weight is 368 g/mol. The van der Waals surface area contributed by atoms with Crippen LogP contribution in [0.5, 0.6) is 11.5 Å². The van der Waals surface area contributed by atoms with Crippen molar-refractivity contribution in [2.75, 3.05) is 24.7 Å². The predicted molar refractivity (Wildman–Crippen MR) is 103 cm³/mol. The smallest absolute Gasteiger partial charge is 0.258 e. The van der Waals surface area contributed by atoms with Gasteiger partial charge in [-0.2, -0.15) is 0 Å². The lowest BCUT2D eigenvalue weighted by molar-refractivity contribution is -0.123. The van der Waals surface area contributed by atoms with Gasteiger partial charge in [0.2, 0.25) is 5.91 Å². The first-order valence-electron chi connectivity index (χ1n) is 9.18. The summed E-state index contributed by atoms with van der Waals surface area (Å²) in [6, 6.07) is 15.0. The molecule has 1 heterocycles. The van der Waals surface area contributed by atoms with E-state index in [4.69, 9.17) is 9.47 Å². The molecule has 2 aromatic rings. The van der Waals surface area contributed by atoms with E-state index in [1.165, 1.54) is 0 Å². The second-order valence-electron chi connectivity index (χ2n) is 6.26. The second-order valence-corrected chi connectivity index (χ2v) is 6.26. The molecule has 6 heteroatoms. The van der Waals surface area contributed by atoms with E-state index in [2.05, 4.69) is 5.32 Å². The molecule has 0 bridgehead atoms. The third kappa shape index (κ3) is 5.00. The van der Waals surface area contributed by atoms with Gasteiger partial charge in [-0.15, -0.1) is 0 Å². The second kappa shape index (κ2) is 9.07. The van der Waals surface area contributed by atoms with Crippen LogP contribution in [-0.2, 0) is 16.1 Å². The molecule has 0 aromatic heterocycles. The largest absolute Gasteiger partial charge is 0.490 e. The molecule has 1 fully saturated rings. The molecule has 0 aliphatic carbocycles. The molecule has 3 rings (SSSR count). The van der Waals surface area contributed by atoms with Crippen molar-refractivity contribution < 1.29 is 19.1 Å². The SMILES string of the molecule is CCOc1ccccc1OCC(=O)NCc1ccc(N2CCCC2=O)cc1. The van der Waals surface area contributed by atoms with E-state index < -0.39 is 0 Å². The summed E-state index contributed by atoms with van der Waals surface area (Å²) in [7, 11) is 0. The number of ether oxygens (including phenoxy) is 2. The Balaban J connectivity index is 1.47. The van der Waals surface area contributed by atoms with E-state index in [0.717, 1.165) is 24.2 Å². The molecule has 0 saturated carbocycles. The lowest BCUT2D eigenvalue weighted by Gasteiger charge is -2.16. The average Bonchev–Trinajstić information content (AvgIpc) is 3.12. The molecule has 0 spiro atoms. The Morgan fingerprint density at radius 2 is 1.78 bits per heavy atom. The zero-order chi connectivity index (χ0) is 19.1. The molecule has 0 atom stereocenters. The number of carbonyl (C=O) groups excluding carboxylic acids is 2. The van der Waals surface area contributed by atoms with E-state index in [9.17, 15) is 9.59 Å². The quantitative estimate of drug-likeness (QED) is 0.778. The summed E-state index contributed by atoms with van der Waals surface area (Å²) in [5.74, 6) is 1.13. The highest BCUT2D eigenvalue weighted by atomic mass is 16.5. The number of benzene rings is 2. The molecule has 27 heavy (non-hydrogen) atoms. The third-order valence-corrected chi connectivity index (χ3v) is 4.32. The first-order chi connectivity index (χ1) is 13.2. The van der Waals surface area contributed by atoms with E-state index in [1.54, 1.807) is 11.0 Å². The highest BCUT2D eigenvalue weighted by Gasteiger charge is 2.21. The number of hydrogen-bond donors (Lipinski definition) is 1. The van der Waals surface area contributed by atoms with Crippen molar-refractivity contribution >= 4 is 17.5 Å². The summed E-state index contributed by atoms with van der Waals surface area (Å²) in [5, 5.41) is 2.83. The first kappa shape index (κ1) is 18.8. The molecule has 2 amide bonds. The number of amides is 2. The van der Waals surface area contributed by atoms with Gasteiger partial charge in [0.05, 0.1) is 6.61 Å². The van der Waals surface area contributed by atoms with Crippen molar-refractivity contribution in [1.29, 1.82) is 0 Å². The van der Waals surface area contributed by atoms with Crippen LogP contribution in [0.15, 0.2) is 48.5 Å². The minimum atomic E-state index is -0.208. The maximum Gasteiger partial charge on any atom is 0.258 e. The van der Waals surface area contributed by atoms with Crippen molar-refractivity contribution in [3.8, 4) is 11.5 Å². The van der Waals surface area contributed by atoms with Gasteiger partial charge >= 0.3 is 0 Å². The molecule has 6 nitrogen and oxygen atoms in total. The highest BCUT2D eigenvalue weighted by Crippen LogP contribution is 2.26. The summed E-state index contributed by atoms with van der Waals surface area (Å²) in [6.07, 6.45) is 1.52. The van der Waals surface area contributed by atoms with Crippen molar-refractivity contribution in [1.82, 2.24) is 5.32 Å². The van der Waals surface area contributed by atoms with E-state index >= 15 is 0 Å². The third-order valence-electron chi connectivity index (χ3n) is 4.32. The molecule has 142 valence electrons. The van der Waals surface area contributed by atoms with Crippen LogP contribution in [0.1, 0.15) is 25.3 Å². The van der Waals surface area contributed by atoms with Gasteiger partial charge in [0.1, 0.15) is 0 Å². The number of carbonyl (C=O) groups is 2. The monoisotopic (exact) mass is 368 g/mol. The standard InChI is InChI=1S/C21H24N2O4/c1-2-26-18-6-3-4-7-19(18)27-15-20(24)22-14-16-9-11-17(12-10-16)23-13-5-8-21(23)25/h3-4,6-7,9-12H,2,5,8,13-15H2,1H3,(H,22,24). The maximum atomic E-state index is 12.0. The molecule has 1 aliphatic rings. The summed E-state index contributed by atoms with van der Waals surface area (Å²) < 4.78 is 11.0. The van der Waals surface area contributed by atoms with Gasteiger partial charge in [0, 0.05) is 25.2 Å². The van der Waals surface area contributed by atoms with Crippen molar-refractivity contribution in [3.05, 3.63) is 54.1 Å². The number of nitrogens with zero attached hydrogens (tertiary/aromatic N) is 1. The Morgan fingerprint density at radius 1 is 1.07 bits per heavy atom. The molecule has 1 aliphatic heterocycles. The van der Waals surface area contributed by atoms with Gasteiger partial charge in [-0.05, 0) is 43.2 Å². The van der Waals surface area contributed by atoms with Crippen LogP contribution in [0.3, 0.4) is 0 Å². The Morgan fingerprint density at radius 3 is 2.41 bits per heavy atom. The fourth-order valence-corrected chi connectivity index (χ4v) is 2.95. The molecular formula is C21H24N2O4. The van der Waals surface area contributed by atoms with E-state index in [-0.39, 0.29) is 18.4 Å². The van der Waals surface area contributed by atoms with Crippen LogP contribution in [0.2, 0.25) is 0 Å². The van der Waals surface area contributed by atoms with Gasteiger partial charge in [-0.1, -0.05) is 24.3 Å². The molecule has 1 N–H and O–H groups in total. The first-order valence-corrected chi connectivity index (χ1v) is 9.18. The number of hydrogen-bond acceptors (Lipinski definition) is 4. The van der Waals surface area contributed by atoms with Gasteiger partial charge in [0.25, 0.3) is 5.91 Å². The summed E-state index contributed by atoms with van der Waals surface area (Å²) in [5.41, 5.74) is 1.87. The van der Waals surface area contributed by atoms with Gasteiger partial charge in [-0.3, -0.25) is 9.59 Å². The zero-order valence-corrected chi connectivity index (χ0v) is 15.4. The van der Waals surface area contributed by atoms with Crippen molar-refractivity contribution in [3.63, 3.8) is 0 Å². The molecule has 1 saturated heterocycles. The minimum Gasteiger partial charge on any atom is -0.490 e. The summed E-state index contributed by atoms with van der Waals surface area (Å²) >= 11 is 0. The normalized spacial score (nSPS) is 13.5. The number of rotatable bonds is 8. The molecule has 0 unspecified atom stereocenters. The van der Waals surface area contributed by atoms with Gasteiger partial charge in [0.15, 0.2) is 18.1 Å². The van der Waals surface area contributed by atoms with Crippen LogP contribution < -0.4 is 19.7 Å². The van der Waals surface area contributed by atoms with E-state index in [0.29, 0.717) is 31.1 Å². The van der Waals surface area contributed by atoms with Crippen LogP contribution in [-0.4, -0.2) is 31.6 Å². The minimum absolute atomic E-state index is 0.0789. The molecule has 2 aromatic carbocycles. The Hall–Kier alpha value is -3.02. The molecular weight excluding hydrogens is 344 g/mol. The lowest BCUT2D eigenvalue weighted by Crippen LogP contribution is -2.28. The van der Waals surface area contributed by atoms with Gasteiger partial charge in [-0.25, -0.2) is 0 Å². The fourth-order valence-electron chi connectivity index (χ4n) is 2.95. The topological polar surface area (TPSA) is 67.9 Å². The number of anilines is 1. The van der Waals surface area contributed by atoms with Crippen LogP contribution >= 0.6 is 0 Å². The predicted octanol–water partition coefficient (Wildman–Crippen LogP) is 2.91. The molecule has 0 radical (unpaired) electrons. The maximum absolute atomic E-state index is 12.0. The number of nitrogens with one attached hydrogen (secondary N) is 1. The Labute approximate surface area is 159 Å². The van der Waals surface area contributed by atoms with Gasteiger partial charge < -0.3 is 19.7 Å². The van der Waals surface area contributed by atoms with E-state index in [1.807, 2.05) is 49.4 Å². The fraction of sp³-hybridized carbons (Fsp3) is 0.333. The zero-order valence-electron chi connectivity index (χ0n) is 15.4. The van der Waals surface area contributed by atoms with Crippen LogP contribution in [0.25, 0.3) is 0 Å². The number of para-hydroxylation sites is 2. The Bertz CT molecular complexity index is 789.